The van der Waals surface area contributed by atoms with Crippen molar-refractivity contribution in [1.82, 2.24) is 4.90 Å². The summed E-state index contributed by atoms with van der Waals surface area (Å²) in [6, 6.07) is 0. The highest BCUT2D eigenvalue weighted by molar-refractivity contribution is 7.99. The van der Waals surface area contributed by atoms with E-state index < -0.39 is 5.79 Å². The van der Waals surface area contributed by atoms with E-state index in [0.29, 0.717) is 25.7 Å². The van der Waals surface area contributed by atoms with Crippen molar-refractivity contribution in [2.75, 3.05) is 37.8 Å². The van der Waals surface area contributed by atoms with Crippen molar-refractivity contribution in [2.24, 2.45) is 5.92 Å². The van der Waals surface area contributed by atoms with Gasteiger partial charge < -0.3 is 14.4 Å². The van der Waals surface area contributed by atoms with E-state index in [2.05, 4.69) is 0 Å². The summed E-state index contributed by atoms with van der Waals surface area (Å²) in [7, 11) is 0. The first-order chi connectivity index (χ1) is 8.29. The Bertz CT molecular complexity index is 298. The van der Waals surface area contributed by atoms with Gasteiger partial charge in [-0.05, 0) is 18.6 Å². The maximum absolute atomic E-state index is 12.3. The highest BCUT2D eigenvalue weighted by atomic mass is 32.2. The SMILES string of the molecule is O=C(C1CCSC1)N1CCCC2(C1)OCCO2. The van der Waals surface area contributed by atoms with Gasteiger partial charge >= 0.3 is 0 Å². The van der Waals surface area contributed by atoms with Gasteiger partial charge in [-0.2, -0.15) is 11.8 Å². The number of likely N-dealkylation sites (tertiary alicyclic amines) is 1. The van der Waals surface area contributed by atoms with Crippen molar-refractivity contribution < 1.29 is 14.3 Å². The highest BCUT2D eigenvalue weighted by Gasteiger charge is 2.43. The number of amides is 1. The normalized spacial score (nSPS) is 32.2. The van der Waals surface area contributed by atoms with Crippen LogP contribution in [0, 0.1) is 5.92 Å². The molecular formula is C12H19NO3S. The fourth-order valence-electron chi connectivity index (χ4n) is 2.90. The quantitative estimate of drug-likeness (QED) is 0.705. The van der Waals surface area contributed by atoms with Crippen LogP contribution in [-0.4, -0.2) is 54.4 Å². The second-order valence-electron chi connectivity index (χ2n) is 5.03. The molecule has 1 atom stereocenters. The van der Waals surface area contributed by atoms with Crippen LogP contribution in [0.15, 0.2) is 0 Å². The molecule has 3 aliphatic rings. The second kappa shape index (κ2) is 4.78. The molecule has 1 unspecified atom stereocenters. The summed E-state index contributed by atoms with van der Waals surface area (Å²) in [6.07, 6.45) is 2.95. The van der Waals surface area contributed by atoms with E-state index in [1.165, 1.54) is 0 Å². The summed E-state index contributed by atoms with van der Waals surface area (Å²) in [5.41, 5.74) is 0. The summed E-state index contributed by atoms with van der Waals surface area (Å²) >= 11 is 1.89. The van der Waals surface area contributed by atoms with Gasteiger partial charge in [0.05, 0.1) is 19.8 Å². The van der Waals surface area contributed by atoms with Crippen LogP contribution in [0.4, 0.5) is 0 Å². The minimum Gasteiger partial charge on any atom is -0.346 e. The van der Waals surface area contributed by atoms with Crippen LogP contribution in [0.3, 0.4) is 0 Å². The lowest BCUT2D eigenvalue weighted by molar-refractivity contribution is -0.194. The third kappa shape index (κ3) is 2.33. The molecule has 3 saturated heterocycles. The number of nitrogens with zero attached hydrogens (tertiary/aromatic N) is 1. The summed E-state index contributed by atoms with van der Waals surface area (Å²) in [6.45, 7) is 2.84. The van der Waals surface area contributed by atoms with Gasteiger partial charge in [0.25, 0.3) is 0 Å². The van der Waals surface area contributed by atoms with Crippen LogP contribution >= 0.6 is 11.8 Å². The van der Waals surface area contributed by atoms with Crippen molar-refractivity contribution >= 4 is 17.7 Å². The van der Waals surface area contributed by atoms with E-state index in [4.69, 9.17) is 9.47 Å². The van der Waals surface area contributed by atoms with Gasteiger partial charge in [0.1, 0.15) is 0 Å². The molecule has 0 N–H and O–H groups in total. The van der Waals surface area contributed by atoms with Crippen LogP contribution in [0.25, 0.3) is 0 Å². The van der Waals surface area contributed by atoms with Crippen LogP contribution in [0.5, 0.6) is 0 Å². The fourth-order valence-corrected chi connectivity index (χ4v) is 4.11. The van der Waals surface area contributed by atoms with Gasteiger partial charge in [-0.3, -0.25) is 4.79 Å². The Morgan fingerprint density at radius 3 is 2.88 bits per heavy atom. The Labute approximate surface area is 106 Å². The summed E-state index contributed by atoms with van der Waals surface area (Å²) in [5.74, 6) is 2.19. The van der Waals surface area contributed by atoms with E-state index in [1.807, 2.05) is 16.7 Å². The predicted octanol–water partition coefficient (Wildman–Crippen LogP) is 1.10. The monoisotopic (exact) mass is 257 g/mol. The van der Waals surface area contributed by atoms with E-state index in [9.17, 15) is 4.79 Å². The van der Waals surface area contributed by atoms with Crippen LogP contribution in [0.1, 0.15) is 19.3 Å². The second-order valence-corrected chi connectivity index (χ2v) is 6.18. The summed E-state index contributed by atoms with van der Waals surface area (Å²) in [4.78, 5) is 14.3. The van der Waals surface area contributed by atoms with Gasteiger partial charge in [-0.25, -0.2) is 0 Å². The molecule has 3 aliphatic heterocycles. The lowest BCUT2D eigenvalue weighted by Crippen LogP contribution is -2.52. The fraction of sp³-hybridized carbons (Fsp3) is 0.917. The zero-order valence-corrected chi connectivity index (χ0v) is 10.8. The Kier molecular flexibility index (Phi) is 3.32. The lowest BCUT2D eigenvalue weighted by Gasteiger charge is -2.39. The number of carbonyl (C=O) groups is 1. The largest absolute Gasteiger partial charge is 0.346 e. The number of hydrogen-bond donors (Lipinski definition) is 0. The topological polar surface area (TPSA) is 38.8 Å². The molecule has 17 heavy (non-hydrogen) atoms. The van der Waals surface area contributed by atoms with Crippen LogP contribution < -0.4 is 0 Å². The van der Waals surface area contributed by atoms with Crippen molar-refractivity contribution in [2.45, 2.75) is 25.0 Å². The Balaban J connectivity index is 1.64. The molecule has 1 amide bonds. The predicted molar refractivity (Wildman–Crippen MR) is 65.9 cm³/mol. The molecule has 0 bridgehead atoms. The Hall–Kier alpha value is -0.260. The molecule has 3 rings (SSSR count). The average Bonchev–Trinajstić information content (AvgIpc) is 3.00. The van der Waals surface area contributed by atoms with E-state index in [0.717, 1.165) is 37.3 Å². The number of thioether (sulfide) groups is 1. The molecule has 0 saturated carbocycles. The van der Waals surface area contributed by atoms with Gasteiger partial charge in [0, 0.05) is 24.6 Å². The maximum atomic E-state index is 12.3. The number of hydrogen-bond acceptors (Lipinski definition) is 4. The maximum Gasteiger partial charge on any atom is 0.226 e. The molecule has 0 aromatic heterocycles. The molecule has 4 nitrogen and oxygen atoms in total. The average molecular weight is 257 g/mol. The number of rotatable bonds is 1. The van der Waals surface area contributed by atoms with Gasteiger partial charge in [0.2, 0.25) is 5.91 Å². The highest BCUT2D eigenvalue weighted by Crippen LogP contribution is 2.32. The molecule has 3 heterocycles. The van der Waals surface area contributed by atoms with Gasteiger partial charge in [-0.1, -0.05) is 0 Å². The van der Waals surface area contributed by atoms with E-state index in [-0.39, 0.29) is 5.92 Å². The molecule has 96 valence electrons. The van der Waals surface area contributed by atoms with Gasteiger partial charge in [0.15, 0.2) is 5.79 Å². The van der Waals surface area contributed by atoms with Crippen molar-refractivity contribution in [3.8, 4) is 0 Å². The molecule has 0 aromatic rings. The number of carbonyl (C=O) groups excluding carboxylic acids is 1. The molecule has 0 radical (unpaired) electrons. The first-order valence-corrected chi connectivity index (χ1v) is 7.59. The first kappa shape index (κ1) is 11.8. The third-order valence-electron chi connectivity index (χ3n) is 3.82. The molecule has 1 spiro atoms. The summed E-state index contributed by atoms with van der Waals surface area (Å²) < 4.78 is 11.4. The van der Waals surface area contributed by atoms with Crippen LogP contribution in [0.2, 0.25) is 0 Å². The third-order valence-corrected chi connectivity index (χ3v) is 4.98. The van der Waals surface area contributed by atoms with Crippen molar-refractivity contribution in [3.05, 3.63) is 0 Å². The minimum absolute atomic E-state index is 0.233. The first-order valence-electron chi connectivity index (χ1n) is 6.44. The molecule has 5 heteroatoms. The minimum atomic E-state index is -0.473. The number of ether oxygens (including phenoxy) is 2. The van der Waals surface area contributed by atoms with Crippen LogP contribution in [-0.2, 0) is 14.3 Å². The zero-order valence-electron chi connectivity index (χ0n) is 10.0. The van der Waals surface area contributed by atoms with E-state index >= 15 is 0 Å². The molecule has 0 aromatic carbocycles. The standard InChI is InChI=1S/C12H19NO3S/c14-11(10-2-7-17-8-10)13-4-1-3-12(9-13)15-5-6-16-12/h10H,1-9H2. The molecular weight excluding hydrogens is 238 g/mol. The zero-order chi connectivity index (χ0) is 11.7. The summed E-state index contributed by atoms with van der Waals surface area (Å²) in [5, 5.41) is 0. The molecule has 0 aliphatic carbocycles. The number of piperidine rings is 1. The lowest BCUT2D eigenvalue weighted by atomic mass is 10.0. The Morgan fingerprint density at radius 2 is 2.18 bits per heavy atom. The van der Waals surface area contributed by atoms with Crippen molar-refractivity contribution in [3.63, 3.8) is 0 Å². The van der Waals surface area contributed by atoms with Gasteiger partial charge in [-0.15, -0.1) is 0 Å². The molecule has 3 fully saturated rings. The Morgan fingerprint density at radius 1 is 1.35 bits per heavy atom. The van der Waals surface area contributed by atoms with Crippen molar-refractivity contribution in [1.29, 1.82) is 0 Å². The smallest absolute Gasteiger partial charge is 0.226 e. The van der Waals surface area contributed by atoms with E-state index in [1.54, 1.807) is 0 Å².